The van der Waals surface area contributed by atoms with Crippen molar-refractivity contribution in [1.82, 2.24) is 5.32 Å². The Kier molecular flexibility index (Phi) is 3.31. The molecule has 1 aliphatic carbocycles. The SMILES string of the molecule is FC(F)(F)C1(NCc2ccc(Cl)c(Cl)c2)CC1. The number of benzene rings is 1. The molecule has 0 radical (unpaired) electrons. The van der Waals surface area contributed by atoms with E-state index in [4.69, 9.17) is 23.2 Å². The summed E-state index contributed by atoms with van der Waals surface area (Å²) in [5.74, 6) is 0. The third-order valence-corrected chi connectivity index (χ3v) is 3.65. The molecule has 0 aliphatic heterocycles. The Bertz CT molecular complexity index is 427. The van der Waals surface area contributed by atoms with E-state index in [1.165, 1.54) is 0 Å². The summed E-state index contributed by atoms with van der Waals surface area (Å²) in [4.78, 5) is 0. The molecule has 1 aliphatic rings. The highest BCUT2D eigenvalue weighted by atomic mass is 35.5. The summed E-state index contributed by atoms with van der Waals surface area (Å²) in [6.45, 7) is 0.135. The average molecular weight is 284 g/mol. The molecule has 0 bridgehead atoms. The lowest BCUT2D eigenvalue weighted by Gasteiger charge is -2.20. The molecule has 94 valence electrons. The van der Waals surface area contributed by atoms with E-state index in [1.807, 2.05) is 0 Å². The largest absolute Gasteiger partial charge is 0.406 e. The molecule has 1 aromatic carbocycles. The first-order valence-electron chi connectivity index (χ1n) is 5.10. The van der Waals surface area contributed by atoms with Crippen molar-refractivity contribution in [3.63, 3.8) is 0 Å². The van der Waals surface area contributed by atoms with Crippen molar-refractivity contribution in [3.8, 4) is 0 Å². The lowest BCUT2D eigenvalue weighted by atomic mass is 10.2. The second-order valence-corrected chi connectivity index (χ2v) is 5.00. The van der Waals surface area contributed by atoms with Gasteiger partial charge in [0, 0.05) is 6.54 Å². The van der Waals surface area contributed by atoms with Crippen LogP contribution in [0.5, 0.6) is 0 Å². The predicted molar refractivity (Wildman–Crippen MR) is 61.3 cm³/mol. The Morgan fingerprint density at radius 3 is 2.29 bits per heavy atom. The maximum atomic E-state index is 12.6. The molecule has 1 saturated carbocycles. The third kappa shape index (κ3) is 2.69. The van der Waals surface area contributed by atoms with E-state index >= 15 is 0 Å². The van der Waals surface area contributed by atoms with E-state index in [1.54, 1.807) is 18.2 Å². The summed E-state index contributed by atoms with van der Waals surface area (Å²) >= 11 is 11.5. The fraction of sp³-hybridized carbons (Fsp3) is 0.455. The van der Waals surface area contributed by atoms with Gasteiger partial charge in [0.15, 0.2) is 0 Å². The van der Waals surface area contributed by atoms with Gasteiger partial charge in [-0.3, -0.25) is 5.32 Å². The van der Waals surface area contributed by atoms with Crippen LogP contribution in [-0.4, -0.2) is 11.7 Å². The second kappa shape index (κ2) is 4.34. The lowest BCUT2D eigenvalue weighted by molar-refractivity contribution is -0.166. The minimum atomic E-state index is -4.19. The van der Waals surface area contributed by atoms with Crippen molar-refractivity contribution < 1.29 is 13.2 Å². The van der Waals surface area contributed by atoms with Crippen molar-refractivity contribution in [2.45, 2.75) is 31.1 Å². The minimum Gasteiger partial charge on any atom is -0.299 e. The first kappa shape index (κ1) is 13.0. The molecule has 0 unspecified atom stereocenters. The quantitative estimate of drug-likeness (QED) is 0.878. The van der Waals surface area contributed by atoms with Crippen LogP contribution in [0.1, 0.15) is 18.4 Å². The maximum Gasteiger partial charge on any atom is 0.406 e. The van der Waals surface area contributed by atoms with Gasteiger partial charge in [0.2, 0.25) is 0 Å². The molecule has 1 fully saturated rings. The van der Waals surface area contributed by atoms with Crippen LogP contribution in [0.25, 0.3) is 0 Å². The summed E-state index contributed by atoms with van der Waals surface area (Å²) in [5.41, 5.74) is -1.01. The number of rotatable bonds is 3. The fourth-order valence-electron chi connectivity index (χ4n) is 1.61. The van der Waals surface area contributed by atoms with Crippen LogP contribution in [0.2, 0.25) is 10.0 Å². The summed E-state index contributed by atoms with van der Waals surface area (Å²) in [6, 6.07) is 4.81. The highest BCUT2D eigenvalue weighted by molar-refractivity contribution is 6.42. The maximum absolute atomic E-state index is 12.6. The highest BCUT2D eigenvalue weighted by Gasteiger charge is 2.62. The average Bonchev–Trinajstić information content (AvgIpc) is 3.00. The summed E-state index contributed by atoms with van der Waals surface area (Å²) < 4.78 is 37.9. The monoisotopic (exact) mass is 283 g/mol. The Labute approximate surface area is 107 Å². The van der Waals surface area contributed by atoms with Gasteiger partial charge in [-0.25, -0.2) is 0 Å². The van der Waals surface area contributed by atoms with Gasteiger partial charge < -0.3 is 0 Å². The number of hydrogen-bond donors (Lipinski definition) is 1. The van der Waals surface area contributed by atoms with E-state index in [9.17, 15) is 13.2 Å². The van der Waals surface area contributed by atoms with Crippen molar-refractivity contribution in [3.05, 3.63) is 33.8 Å². The number of halogens is 5. The van der Waals surface area contributed by atoms with Crippen LogP contribution in [0.4, 0.5) is 13.2 Å². The summed E-state index contributed by atoms with van der Waals surface area (Å²) in [7, 11) is 0. The van der Waals surface area contributed by atoms with Crippen LogP contribution in [-0.2, 0) is 6.54 Å². The van der Waals surface area contributed by atoms with Gasteiger partial charge >= 0.3 is 6.18 Å². The van der Waals surface area contributed by atoms with Crippen LogP contribution >= 0.6 is 23.2 Å². The van der Waals surface area contributed by atoms with Gasteiger partial charge in [0.25, 0.3) is 0 Å². The van der Waals surface area contributed by atoms with Crippen LogP contribution < -0.4 is 5.32 Å². The molecule has 17 heavy (non-hydrogen) atoms. The van der Waals surface area contributed by atoms with Crippen LogP contribution in [0, 0.1) is 0 Å². The van der Waals surface area contributed by atoms with E-state index in [2.05, 4.69) is 5.32 Å². The van der Waals surface area contributed by atoms with E-state index in [0.29, 0.717) is 15.6 Å². The van der Waals surface area contributed by atoms with Crippen LogP contribution in [0.15, 0.2) is 18.2 Å². The third-order valence-electron chi connectivity index (χ3n) is 2.91. The summed E-state index contributed by atoms with van der Waals surface area (Å²) in [6.07, 6.45) is -3.92. The van der Waals surface area contributed by atoms with Gasteiger partial charge in [-0.1, -0.05) is 29.3 Å². The molecule has 1 aromatic rings. The van der Waals surface area contributed by atoms with Crippen molar-refractivity contribution >= 4 is 23.2 Å². The molecule has 0 spiro atoms. The molecule has 1 N–H and O–H groups in total. The van der Waals surface area contributed by atoms with Gasteiger partial charge in [0.1, 0.15) is 5.54 Å². The number of hydrogen-bond acceptors (Lipinski definition) is 1. The second-order valence-electron chi connectivity index (χ2n) is 4.18. The van der Waals surface area contributed by atoms with Gasteiger partial charge in [-0.2, -0.15) is 13.2 Å². The predicted octanol–water partition coefficient (Wildman–Crippen LogP) is 4.18. The molecule has 0 amide bonds. The standard InChI is InChI=1S/C11H10Cl2F3N/c12-8-2-1-7(5-9(8)13)6-17-10(3-4-10)11(14,15)16/h1-2,5,17H,3-4,6H2. The zero-order valence-corrected chi connectivity index (χ0v) is 10.3. The van der Waals surface area contributed by atoms with Crippen molar-refractivity contribution in [2.24, 2.45) is 0 Å². The van der Waals surface area contributed by atoms with E-state index in [0.717, 1.165) is 0 Å². The first-order valence-corrected chi connectivity index (χ1v) is 5.85. The van der Waals surface area contributed by atoms with Crippen molar-refractivity contribution in [1.29, 1.82) is 0 Å². The molecule has 6 heteroatoms. The highest BCUT2D eigenvalue weighted by Crippen LogP contribution is 2.49. The topological polar surface area (TPSA) is 12.0 Å². The molecule has 0 saturated heterocycles. The number of nitrogens with one attached hydrogen (secondary N) is 1. The Morgan fingerprint density at radius 1 is 1.18 bits per heavy atom. The molecule has 0 aromatic heterocycles. The van der Waals surface area contributed by atoms with Crippen LogP contribution in [0.3, 0.4) is 0 Å². The first-order chi connectivity index (χ1) is 7.84. The van der Waals surface area contributed by atoms with E-state index in [-0.39, 0.29) is 19.4 Å². The normalized spacial score (nSPS) is 18.2. The molecule has 0 heterocycles. The summed E-state index contributed by atoms with van der Waals surface area (Å²) in [5, 5.41) is 3.29. The smallest absolute Gasteiger partial charge is 0.299 e. The molecule has 0 atom stereocenters. The Balaban J connectivity index is 2.01. The molecular weight excluding hydrogens is 274 g/mol. The molecule has 2 rings (SSSR count). The lowest BCUT2D eigenvalue weighted by Crippen LogP contribution is -2.44. The molecule has 1 nitrogen and oxygen atoms in total. The van der Waals surface area contributed by atoms with E-state index < -0.39 is 11.7 Å². The molecular formula is C11H10Cl2F3N. The fourth-order valence-corrected chi connectivity index (χ4v) is 1.93. The zero-order valence-electron chi connectivity index (χ0n) is 8.74. The van der Waals surface area contributed by atoms with Gasteiger partial charge in [-0.15, -0.1) is 0 Å². The Hall–Kier alpha value is -0.450. The minimum absolute atomic E-state index is 0.135. The number of alkyl halides is 3. The Morgan fingerprint density at radius 2 is 1.82 bits per heavy atom. The van der Waals surface area contributed by atoms with Gasteiger partial charge in [-0.05, 0) is 30.5 Å². The van der Waals surface area contributed by atoms with Gasteiger partial charge in [0.05, 0.1) is 10.0 Å². The zero-order chi connectivity index (χ0) is 12.7. The van der Waals surface area contributed by atoms with Crippen molar-refractivity contribution in [2.75, 3.05) is 0 Å².